The van der Waals surface area contributed by atoms with E-state index in [0.717, 1.165) is 0 Å². The summed E-state index contributed by atoms with van der Waals surface area (Å²) in [6.07, 6.45) is 0.620. The summed E-state index contributed by atoms with van der Waals surface area (Å²) in [7, 11) is 1.67. The zero-order valence-electron chi connectivity index (χ0n) is 11.9. The van der Waals surface area contributed by atoms with Crippen molar-refractivity contribution in [2.24, 2.45) is 7.05 Å². The Kier molecular flexibility index (Phi) is 5.69. The molecule has 0 atom stereocenters. The van der Waals surface area contributed by atoms with Crippen molar-refractivity contribution < 1.29 is 13.9 Å². The van der Waals surface area contributed by atoms with Crippen LogP contribution in [0.3, 0.4) is 0 Å². The molecule has 0 saturated carbocycles. The number of hydrogen-bond acceptors (Lipinski definition) is 2. The molecule has 0 radical (unpaired) electrons. The lowest BCUT2D eigenvalue weighted by atomic mass is 10.3. The molecule has 2 rings (SSSR count). The molecule has 0 bridgehead atoms. The van der Waals surface area contributed by atoms with Crippen molar-refractivity contribution in [2.45, 2.75) is 6.42 Å². The van der Waals surface area contributed by atoms with Crippen molar-refractivity contribution in [2.75, 3.05) is 13.2 Å². The molecule has 0 spiro atoms. The molecule has 0 saturated heterocycles. The van der Waals surface area contributed by atoms with Crippen LogP contribution < -0.4 is 10.1 Å². The highest BCUT2D eigenvalue weighted by Crippen LogP contribution is 2.24. The second-order valence-electron chi connectivity index (χ2n) is 4.64. The molecule has 0 aliphatic heterocycles. The van der Waals surface area contributed by atoms with Crippen molar-refractivity contribution >= 4 is 29.1 Å². The number of nitrogens with one attached hydrogen (secondary N) is 1. The number of carbonyl (C=O) groups excluding carboxylic acids is 1. The van der Waals surface area contributed by atoms with E-state index in [9.17, 15) is 9.18 Å². The third-order valence-corrected chi connectivity index (χ3v) is 3.88. The number of rotatable bonds is 6. The number of benzene rings is 1. The van der Waals surface area contributed by atoms with Crippen LogP contribution in [-0.2, 0) is 7.05 Å². The summed E-state index contributed by atoms with van der Waals surface area (Å²) in [5.41, 5.74) is 0.398. The molecule has 2 aromatic rings. The van der Waals surface area contributed by atoms with Crippen molar-refractivity contribution in [1.29, 1.82) is 0 Å². The van der Waals surface area contributed by atoms with Crippen LogP contribution in [0.4, 0.5) is 4.39 Å². The van der Waals surface area contributed by atoms with E-state index < -0.39 is 0 Å². The smallest absolute Gasteiger partial charge is 0.267 e. The Labute approximate surface area is 137 Å². The van der Waals surface area contributed by atoms with Crippen molar-refractivity contribution in [1.82, 2.24) is 9.88 Å². The minimum absolute atomic E-state index is 0.252. The van der Waals surface area contributed by atoms with Gasteiger partial charge >= 0.3 is 0 Å². The van der Waals surface area contributed by atoms with Gasteiger partial charge in [0.15, 0.2) is 0 Å². The van der Waals surface area contributed by atoms with Gasteiger partial charge in [-0.15, -0.1) is 0 Å². The summed E-state index contributed by atoms with van der Waals surface area (Å²) in [6, 6.07) is 7.30. The normalized spacial score (nSPS) is 10.5. The quantitative estimate of drug-likeness (QED) is 0.812. The Hall–Kier alpha value is -1.72. The second kappa shape index (κ2) is 7.51. The van der Waals surface area contributed by atoms with Crippen LogP contribution >= 0.6 is 23.2 Å². The molecule has 1 aromatic heterocycles. The molecule has 1 heterocycles. The molecule has 1 aromatic carbocycles. The molecule has 0 aliphatic carbocycles. The minimum Gasteiger partial charge on any atom is -0.494 e. The van der Waals surface area contributed by atoms with E-state index in [1.807, 2.05) is 0 Å². The molecule has 7 heteroatoms. The lowest BCUT2D eigenvalue weighted by Gasteiger charge is -2.08. The first-order valence-corrected chi connectivity index (χ1v) is 7.42. The molecular weight excluding hydrogens is 330 g/mol. The topological polar surface area (TPSA) is 43.3 Å². The highest BCUT2D eigenvalue weighted by molar-refractivity contribution is 6.41. The summed E-state index contributed by atoms with van der Waals surface area (Å²) < 4.78 is 19.7. The number of carbonyl (C=O) groups is 1. The summed E-state index contributed by atoms with van der Waals surface area (Å²) in [4.78, 5) is 12.0. The zero-order valence-corrected chi connectivity index (χ0v) is 13.4. The van der Waals surface area contributed by atoms with Crippen LogP contribution in [0.2, 0.25) is 10.2 Å². The standard InChI is InChI=1S/C15H15Cl2FN2O2/c1-20-13(9-12(16)14(20)17)15(21)19-7-2-8-22-11-5-3-10(18)4-6-11/h3-6,9H,2,7-8H2,1H3,(H,19,21). The molecular formula is C15H15Cl2FN2O2. The Bertz CT molecular complexity index is 656. The lowest BCUT2D eigenvalue weighted by Crippen LogP contribution is -2.27. The van der Waals surface area contributed by atoms with Gasteiger partial charge in [-0.05, 0) is 36.8 Å². The summed E-state index contributed by atoms with van der Waals surface area (Å²) in [5.74, 6) is 0.0336. The van der Waals surface area contributed by atoms with E-state index in [1.165, 1.54) is 22.8 Å². The number of aromatic nitrogens is 1. The van der Waals surface area contributed by atoms with Gasteiger partial charge in [-0.1, -0.05) is 23.2 Å². The summed E-state index contributed by atoms with van der Waals surface area (Å²) in [6.45, 7) is 0.862. The van der Waals surface area contributed by atoms with Crippen molar-refractivity contribution in [3.8, 4) is 5.75 Å². The average Bonchev–Trinajstić information content (AvgIpc) is 2.76. The fraction of sp³-hybridized carbons (Fsp3) is 0.267. The lowest BCUT2D eigenvalue weighted by molar-refractivity contribution is 0.0943. The van der Waals surface area contributed by atoms with E-state index >= 15 is 0 Å². The molecule has 22 heavy (non-hydrogen) atoms. The van der Waals surface area contributed by atoms with Gasteiger partial charge in [-0.25, -0.2) is 4.39 Å². The summed E-state index contributed by atoms with van der Waals surface area (Å²) >= 11 is 11.8. The van der Waals surface area contributed by atoms with Gasteiger partial charge in [0, 0.05) is 13.6 Å². The second-order valence-corrected chi connectivity index (χ2v) is 5.40. The van der Waals surface area contributed by atoms with E-state index in [-0.39, 0.29) is 11.7 Å². The Balaban J connectivity index is 1.73. The highest BCUT2D eigenvalue weighted by atomic mass is 35.5. The fourth-order valence-electron chi connectivity index (χ4n) is 1.85. The Morgan fingerprint density at radius 3 is 2.59 bits per heavy atom. The first kappa shape index (κ1) is 16.6. The van der Waals surface area contributed by atoms with Crippen LogP contribution in [0.25, 0.3) is 0 Å². The number of ether oxygens (including phenoxy) is 1. The van der Waals surface area contributed by atoms with Crippen molar-refractivity contribution in [3.63, 3.8) is 0 Å². The average molecular weight is 345 g/mol. The van der Waals surface area contributed by atoms with Crippen LogP contribution in [0, 0.1) is 5.82 Å². The Morgan fingerprint density at radius 2 is 2.00 bits per heavy atom. The van der Waals surface area contributed by atoms with Crippen LogP contribution in [-0.4, -0.2) is 23.6 Å². The number of nitrogens with zero attached hydrogens (tertiary/aromatic N) is 1. The molecule has 1 amide bonds. The van der Waals surface area contributed by atoms with E-state index in [0.29, 0.717) is 41.2 Å². The zero-order chi connectivity index (χ0) is 16.1. The molecule has 1 N–H and O–H groups in total. The molecule has 0 fully saturated rings. The van der Waals surface area contributed by atoms with Gasteiger partial charge in [0.25, 0.3) is 5.91 Å². The summed E-state index contributed by atoms with van der Waals surface area (Å²) in [5, 5.41) is 3.43. The Morgan fingerprint density at radius 1 is 1.32 bits per heavy atom. The SMILES string of the molecule is Cn1c(C(=O)NCCCOc2ccc(F)cc2)cc(Cl)c1Cl. The van der Waals surface area contributed by atoms with Gasteiger partial charge in [-0.2, -0.15) is 0 Å². The maximum Gasteiger partial charge on any atom is 0.267 e. The van der Waals surface area contributed by atoms with E-state index in [4.69, 9.17) is 27.9 Å². The van der Waals surface area contributed by atoms with Gasteiger partial charge in [0.05, 0.1) is 11.6 Å². The van der Waals surface area contributed by atoms with E-state index in [2.05, 4.69) is 5.32 Å². The van der Waals surface area contributed by atoms with Gasteiger partial charge in [0.2, 0.25) is 0 Å². The molecule has 118 valence electrons. The predicted octanol–water partition coefficient (Wildman–Crippen LogP) is 3.67. The number of halogens is 3. The van der Waals surface area contributed by atoms with Crippen LogP contribution in [0.15, 0.2) is 30.3 Å². The van der Waals surface area contributed by atoms with Gasteiger partial charge < -0.3 is 14.6 Å². The molecule has 4 nitrogen and oxygen atoms in total. The van der Waals surface area contributed by atoms with Crippen LogP contribution in [0.5, 0.6) is 5.75 Å². The highest BCUT2D eigenvalue weighted by Gasteiger charge is 2.14. The largest absolute Gasteiger partial charge is 0.494 e. The van der Waals surface area contributed by atoms with Gasteiger partial charge in [0.1, 0.15) is 22.4 Å². The van der Waals surface area contributed by atoms with E-state index in [1.54, 1.807) is 19.2 Å². The molecule has 0 unspecified atom stereocenters. The third-order valence-electron chi connectivity index (χ3n) is 3.04. The third kappa shape index (κ3) is 4.15. The maximum atomic E-state index is 12.7. The predicted molar refractivity (Wildman–Crippen MR) is 84.3 cm³/mol. The monoisotopic (exact) mass is 344 g/mol. The first-order chi connectivity index (χ1) is 10.5. The molecule has 0 aliphatic rings. The van der Waals surface area contributed by atoms with Gasteiger partial charge in [-0.3, -0.25) is 4.79 Å². The first-order valence-electron chi connectivity index (χ1n) is 6.66. The fourth-order valence-corrected chi connectivity index (χ4v) is 2.22. The minimum atomic E-state index is -0.306. The number of hydrogen-bond donors (Lipinski definition) is 1. The number of amides is 1. The maximum absolute atomic E-state index is 12.7. The van der Waals surface area contributed by atoms with Crippen LogP contribution in [0.1, 0.15) is 16.9 Å². The van der Waals surface area contributed by atoms with Crippen molar-refractivity contribution in [3.05, 3.63) is 52.0 Å².